The van der Waals surface area contributed by atoms with Gasteiger partial charge in [-0.15, -0.1) is 0 Å². The smallest absolute Gasteiger partial charge is 0.224 e. The number of hydrogen-bond acceptors (Lipinski definition) is 3. The summed E-state index contributed by atoms with van der Waals surface area (Å²) >= 11 is 0. The van der Waals surface area contributed by atoms with Gasteiger partial charge in [0.25, 0.3) is 0 Å². The number of H-pyrrole nitrogens is 2. The van der Waals surface area contributed by atoms with E-state index in [9.17, 15) is 4.79 Å². The number of aromatic nitrogens is 4. The maximum atomic E-state index is 12.1. The van der Waals surface area contributed by atoms with Gasteiger partial charge in [0.15, 0.2) is 0 Å². The van der Waals surface area contributed by atoms with Gasteiger partial charge in [0.05, 0.1) is 22.7 Å². The first-order valence-electron chi connectivity index (χ1n) is 7.44. The second-order valence-corrected chi connectivity index (χ2v) is 5.42. The molecule has 2 aromatic heterocycles. The highest BCUT2D eigenvalue weighted by Crippen LogP contribution is 2.17. The lowest BCUT2D eigenvalue weighted by atomic mass is 10.2. The third kappa shape index (κ3) is 2.78. The van der Waals surface area contributed by atoms with Crippen LogP contribution >= 0.6 is 0 Å². The van der Waals surface area contributed by atoms with Crippen molar-refractivity contribution in [3.63, 3.8) is 0 Å². The van der Waals surface area contributed by atoms with E-state index in [1.807, 2.05) is 42.5 Å². The molecule has 4 rings (SSSR count). The Morgan fingerprint density at radius 3 is 2.96 bits per heavy atom. The Morgan fingerprint density at radius 1 is 1.13 bits per heavy atom. The van der Waals surface area contributed by atoms with Crippen LogP contribution < -0.4 is 5.32 Å². The van der Waals surface area contributed by atoms with E-state index in [4.69, 9.17) is 0 Å². The Hall–Kier alpha value is -3.15. The van der Waals surface area contributed by atoms with E-state index in [0.717, 1.165) is 33.4 Å². The van der Waals surface area contributed by atoms with Crippen molar-refractivity contribution in [2.24, 2.45) is 0 Å². The van der Waals surface area contributed by atoms with Gasteiger partial charge in [-0.1, -0.05) is 12.1 Å². The first-order chi connectivity index (χ1) is 11.3. The molecule has 114 valence electrons. The van der Waals surface area contributed by atoms with Crippen molar-refractivity contribution in [1.82, 2.24) is 20.2 Å². The van der Waals surface area contributed by atoms with Crippen LogP contribution in [0, 0.1) is 0 Å². The van der Waals surface area contributed by atoms with E-state index in [1.165, 1.54) is 0 Å². The minimum absolute atomic E-state index is 0.0340. The Morgan fingerprint density at radius 2 is 2.04 bits per heavy atom. The molecule has 0 spiro atoms. The number of aryl methyl sites for hydroxylation is 1. The molecule has 0 saturated heterocycles. The van der Waals surface area contributed by atoms with Crippen LogP contribution in [-0.4, -0.2) is 26.1 Å². The molecule has 2 aromatic carbocycles. The molecule has 23 heavy (non-hydrogen) atoms. The molecule has 0 fully saturated rings. The molecule has 0 aliphatic heterocycles. The number of anilines is 1. The van der Waals surface area contributed by atoms with Crippen molar-refractivity contribution in [2.75, 3.05) is 5.32 Å². The quantitative estimate of drug-likeness (QED) is 0.541. The number of nitrogens with one attached hydrogen (secondary N) is 3. The molecule has 0 aliphatic rings. The highest BCUT2D eigenvalue weighted by atomic mass is 16.1. The molecule has 0 radical (unpaired) electrons. The number of imidazole rings is 1. The molecular formula is C17H15N5O. The first-order valence-corrected chi connectivity index (χ1v) is 7.44. The zero-order valence-electron chi connectivity index (χ0n) is 12.3. The number of aromatic amines is 2. The fourth-order valence-electron chi connectivity index (χ4n) is 2.60. The van der Waals surface area contributed by atoms with Crippen LogP contribution in [0.5, 0.6) is 0 Å². The minimum atomic E-state index is -0.0340. The number of amides is 1. The van der Waals surface area contributed by atoms with E-state index in [1.54, 1.807) is 6.20 Å². The zero-order valence-corrected chi connectivity index (χ0v) is 12.3. The molecular weight excluding hydrogens is 290 g/mol. The summed E-state index contributed by atoms with van der Waals surface area (Å²) in [5, 5.41) is 10.7. The van der Waals surface area contributed by atoms with Gasteiger partial charge in [0.2, 0.25) is 5.91 Å². The van der Waals surface area contributed by atoms with Crippen molar-refractivity contribution in [1.29, 1.82) is 0 Å². The van der Waals surface area contributed by atoms with Crippen LogP contribution in [0.2, 0.25) is 0 Å². The minimum Gasteiger partial charge on any atom is -0.342 e. The van der Waals surface area contributed by atoms with Crippen molar-refractivity contribution in [3.8, 4) is 0 Å². The molecule has 0 aliphatic carbocycles. The average Bonchev–Trinajstić information content (AvgIpc) is 3.18. The van der Waals surface area contributed by atoms with Crippen LogP contribution in [0.4, 0.5) is 5.69 Å². The van der Waals surface area contributed by atoms with E-state index >= 15 is 0 Å². The molecule has 0 unspecified atom stereocenters. The Balaban J connectivity index is 1.41. The summed E-state index contributed by atoms with van der Waals surface area (Å²) in [5.74, 6) is 0.792. The molecule has 0 atom stereocenters. The number of hydrogen-bond donors (Lipinski definition) is 3. The summed E-state index contributed by atoms with van der Waals surface area (Å²) in [6.07, 6.45) is 2.69. The summed E-state index contributed by atoms with van der Waals surface area (Å²) in [5.41, 5.74) is 3.64. The highest BCUT2D eigenvalue weighted by Gasteiger charge is 2.07. The fourth-order valence-corrected chi connectivity index (χ4v) is 2.60. The standard InChI is InChI=1S/C17H15N5O/c23-17(19-12-5-6-13-11(9-12)10-18-22-13)8-7-16-20-14-3-1-2-4-15(14)21-16/h1-6,9-10H,7-8H2,(H,18,22)(H,19,23)(H,20,21). The third-order valence-electron chi connectivity index (χ3n) is 3.75. The summed E-state index contributed by atoms with van der Waals surface area (Å²) < 4.78 is 0. The van der Waals surface area contributed by atoms with E-state index in [0.29, 0.717) is 12.8 Å². The molecule has 0 bridgehead atoms. The van der Waals surface area contributed by atoms with Crippen LogP contribution in [0.1, 0.15) is 12.2 Å². The monoisotopic (exact) mass is 305 g/mol. The molecule has 2 heterocycles. The summed E-state index contributed by atoms with van der Waals surface area (Å²) in [7, 11) is 0. The molecule has 6 heteroatoms. The van der Waals surface area contributed by atoms with Gasteiger partial charge in [0, 0.05) is 23.9 Å². The summed E-state index contributed by atoms with van der Waals surface area (Å²) in [4.78, 5) is 19.8. The number of benzene rings is 2. The van der Waals surface area contributed by atoms with Gasteiger partial charge < -0.3 is 10.3 Å². The van der Waals surface area contributed by atoms with Gasteiger partial charge in [-0.25, -0.2) is 4.98 Å². The molecule has 6 nitrogen and oxygen atoms in total. The van der Waals surface area contributed by atoms with Crippen LogP contribution in [-0.2, 0) is 11.2 Å². The second-order valence-electron chi connectivity index (χ2n) is 5.42. The van der Waals surface area contributed by atoms with Gasteiger partial charge in [-0.05, 0) is 30.3 Å². The van der Waals surface area contributed by atoms with Gasteiger partial charge in [-0.2, -0.15) is 5.10 Å². The van der Waals surface area contributed by atoms with Crippen LogP contribution in [0.15, 0.2) is 48.7 Å². The van der Waals surface area contributed by atoms with Gasteiger partial charge in [0.1, 0.15) is 5.82 Å². The number of nitrogens with zero attached hydrogens (tertiary/aromatic N) is 2. The number of para-hydroxylation sites is 2. The maximum absolute atomic E-state index is 12.1. The van der Waals surface area contributed by atoms with E-state index in [2.05, 4.69) is 25.5 Å². The second kappa shape index (κ2) is 5.57. The van der Waals surface area contributed by atoms with Crippen molar-refractivity contribution < 1.29 is 4.79 Å². The molecule has 4 aromatic rings. The van der Waals surface area contributed by atoms with Crippen molar-refractivity contribution >= 4 is 33.5 Å². The molecule has 3 N–H and O–H groups in total. The number of rotatable bonds is 4. The number of fused-ring (bicyclic) bond motifs is 2. The first kappa shape index (κ1) is 13.5. The lowest BCUT2D eigenvalue weighted by molar-refractivity contribution is -0.116. The summed E-state index contributed by atoms with van der Waals surface area (Å²) in [6, 6.07) is 13.5. The molecule has 1 amide bonds. The predicted octanol–water partition coefficient (Wildman–Crippen LogP) is 3.01. The Labute approximate surface area is 131 Å². The zero-order chi connectivity index (χ0) is 15.6. The fraction of sp³-hybridized carbons (Fsp3) is 0.118. The Kier molecular flexibility index (Phi) is 3.27. The highest BCUT2D eigenvalue weighted by molar-refractivity contribution is 5.93. The van der Waals surface area contributed by atoms with Crippen LogP contribution in [0.25, 0.3) is 21.9 Å². The van der Waals surface area contributed by atoms with E-state index in [-0.39, 0.29) is 5.91 Å². The third-order valence-corrected chi connectivity index (χ3v) is 3.75. The normalized spacial score (nSPS) is 11.1. The van der Waals surface area contributed by atoms with Crippen molar-refractivity contribution in [3.05, 3.63) is 54.5 Å². The van der Waals surface area contributed by atoms with Crippen molar-refractivity contribution in [2.45, 2.75) is 12.8 Å². The topological polar surface area (TPSA) is 86.5 Å². The SMILES string of the molecule is O=C(CCc1nc2ccccc2[nH]1)Nc1ccc2[nH]ncc2c1. The van der Waals surface area contributed by atoms with Gasteiger partial charge >= 0.3 is 0 Å². The largest absolute Gasteiger partial charge is 0.342 e. The number of carbonyl (C=O) groups is 1. The van der Waals surface area contributed by atoms with E-state index < -0.39 is 0 Å². The molecule has 0 saturated carbocycles. The predicted molar refractivity (Wildman–Crippen MR) is 89.1 cm³/mol. The maximum Gasteiger partial charge on any atom is 0.224 e. The lowest BCUT2D eigenvalue weighted by Crippen LogP contribution is -2.12. The number of carbonyl (C=O) groups excluding carboxylic acids is 1. The summed E-state index contributed by atoms with van der Waals surface area (Å²) in [6.45, 7) is 0. The van der Waals surface area contributed by atoms with Gasteiger partial charge in [-0.3, -0.25) is 9.89 Å². The average molecular weight is 305 g/mol. The van der Waals surface area contributed by atoms with Crippen LogP contribution in [0.3, 0.4) is 0 Å². The lowest BCUT2D eigenvalue weighted by Gasteiger charge is -2.04. The Bertz CT molecular complexity index is 952.